The number of aromatic nitrogens is 4. The van der Waals surface area contributed by atoms with Crippen molar-refractivity contribution < 1.29 is 9.53 Å². The Morgan fingerprint density at radius 2 is 1.90 bits per heavy atom. The first kappa shape index (κ1) is 13.4. The first-order valence-electron chi connectivity index (χ1n) is 6.76. The molecular weight excluding hydrogens is 270 g/mol. The van der Waals surface area contributed by atoms with E-state index in [1.54, 1.807) is 19.3 Å². The molecule has 7 nitrogen and oxygen atoms in total. The summed E-state index contributed by atoms with van der Waals surface area (Å²) in [5.41, 5.74) is 1.17. The zero-order chi connectivity index (χ0) is 14.7. The van der Waals surface area contributed by atoms with Crippen LogP contribution in [0.2, 0.25) is 0 Å². The fourth-order valence-electron chi connectivity index (χ4n) is 2.08. The summed E-state index contributed by atoms with van der Waals surface area (Å²) < 4.78 is 4.89. The Kier molecular flexibility index (Phi) is 3.47. The number of nitrogens with zero attached hydrogens (tertiary/aromatic N) is 4. The van der Waals surface area contributed by atoms with Crippen molar-refractivity contribution in [2.75, 3.05) is 11.9 Å². The van der Waals surface area contributed by atoms with Crippen LogP contribution in [0.5, 0.6) is 0 Å². The number of hydrogen-bond acceptors (Lipinski definition) is 7. The lowest BCUT2D eigenvalue weighted by molar-refractivity contribution is 0.0525. The monoisotopic (exact) mass is 285 g/mol. The summed E-state index contributed by atoms with van der Waals surface area (Å²) in [5, 5.41) is 3.29. The van der Waals surface area contributed by atoms with Crippen LogP contribution >= 0.6 is 0 Å². The van der Waals surface area contributed by atoms with Gasteiger partial charge in [0.1, 0.15) is 6.33 Å². The van der Waals surface area contributed by atoms with Crippen LogP contribution in [0.4, 0.5) is 5.95 Å². The van der Waals surface area contributed by atoms with Crippen molar-refractivity contribution in [3.05, 3.63) is 42.2 Å². The molecule has 3 rings (SSSR count). The molecule has 7 heteroatoms. The van der Waals surface area contributed by atoms with Gasteiger partial charge < -0.3 is 10.1 Å². The van der Waals surface area contributed by atoms with E-state index < -0.39 is 5.97 Å². The van der Waals surface area contributed by atoms with Crippen LogP contribution in [-0.4, -0.2) is 32.5 Å². The maximum Gasteiger partial charge on any atom is 0.341 e. The van der Waals surface area contributed by atoms with E-state index >= 15 is 0 Å². The van der Waals surface area contributed by atoms with Crippen molar-refractivity contribution in [2.24, 2.45) is 0 Å². The second kappa shape index (κ2) is 5.43. The van der Waals surface area contributed by atoms with Crippen LogP contribution in [0.1, 0.15) is 35.7 Å². The van der Waals surface area contributed by atoms with Crippen molar-refractivity contribution in [1.29, 1.82) is 0 Å². The fourth-order valence-corrected chi connectivity index (χ4v) is 2.08. The van der Waals surface area contributed by atoms with E-state index in [1.807, 2.05) is 0 Å². The lowest BCUT2D eigenvalue weighted by atomic mass is 10.1. The van der Waals surface area contributed by atoms with Gasteiger partial charge in [0, 0.05) is 30.4 Å². The molecular formula is C14H15N5O2. The summed E-state index contributed by atoms with van der Waals surface area (Å²) >= 11 is 0. The molecule has 1 saturated carbocycles. The number of ether oxygens (including phenoxy) is 1. The van der Waals surface area contributed by atoms with E-state index in [-0.39, 0.29) is 5.54 Å². The van der Waals surface area contributed by atoms with Gasteiger partial charge in [-0.2, -0.15) is 0 Å². The number of carbonyl (C=O) groups excluding carboxylic acids is 1. The highest BCUT2D eigenvalue weighted by Crippen LogP contribution is 2.47. The highest BCUT2D eigenvalue weighted by molar-refractivity contribution is 5.88. The minimum absolute atomic E-state index is 0.188. The SMILES string of the molecule is CCOC(=O)c1cnc(NC2(c3cncnc3)CC2)nc1. The Labute approximate surface area is 121 Å². The summed E-state index contributed by atoms with van der Waals surface area (Å²) in [6, 6.07) is 0. The third-order valence-corrected chi connectivity index (χ3v) is 3.38. The van der Waals surface area contributed by atoms with Gasteiger partial charge in [0.05, 0.1) is 17.7 Å². The predicted molar refractivity (Wildman–Crippen MR) is 74.6 cm³/mol. The molecule has 0 unspecified atom stereocenters. The van der Waals surface area contributed by atoms with Gasteiger partial charge >= 0.3 is 5.97 Å². The van der Waals surface area contributed by atoms with Crippen LogP contribution in [0, 0.1) is 0 Å². The number of hydrogen-bond donors (Lipinski definition) is 1. The molecule has 2 aromatic rings. The maximum atomic E-state index is 11.5. The number of nitrogens with one attached hydrogen (secondary N) is 1. The molecule has 0 amide bonds. The lowest BCUT2D eigenvalue weighted by Crippen LogP contribution is -2.21. The number of carbonyl (C=O) groups is 1. The van der Waals surface area contributed by atoms with Crippen molar-refractivity contribution in [2.45, 2.75) is 25.3 Å². The van der Waals surface area contributed by atoms with Crippen LogP contribution in [-0.2, 0) is 10.3 Å². The van der Waals surface area contributed by atoms with Gasteiger partial charge in [-0.15, -0.1) is 0 Å². The Morgan fingerprint density at radius 3 is 2.48 bits per heavy atom. The quantitative estimate of drug-likeness (QED) is 0.833. The highest BCUT2D eigenvalue weighted by Gasteiger charge is 2.45. The first-order chi connectivity index (χ1) is 10.2. The van der Waals surface area contributed by atoms with E-state index in [2.05, 4.69) is 25.3 Å². The molecule has 0 radical (unpaired) electrons. The van der Waals surface area contributed by atoms with Gasteiger partial charge in [-0.3, -0.25) is 0 Å². The average molecular weight is 285 g/mol. The summed E-state index contributed by atoms with van der Waals surface area (Å²) in [4.78, 5) is 27.9. The number of rotatable bonds is 5. The van der Waals surface area contributed by atoms with Crippen LogP contribution in [0.15, 0.2) is 31.1 Å². The van der Waals surface area contributed by atoms with Gasteiger partial charge in [0.2, 0.25) is 5.95 Å². The third-order valence-electron chi connectivity index (χ3n) is 3.38. The summed E-state index contributed by atoms with van der Waals surface area (Å²) in [7, 11) is 0. The molecule has 2 aromatic heterocycles. The van der Waals surface area contributed by atoms with E-state index in [0.717, 1.165) is 18.4 Å². The molecule has 0 saturated heterocycles. The lowest BCUT2D eigenvalue weighted by Gasteiger charge is -2.16. The van der Waals surface area contributed by atoms with E-state index in [9.17, 15) is 4.79 Å². The zero-order valence-corrected chi connectivity index (χ0v) is 11.6. The second-order valence-corrected chi connectivity index (χ2v) is 4.85. The fraction of sp³-hybridized carbons (Fsp3) is 0.357. The summed E-state index contributed by atoms with van der Waals surface area (Å²) in [6.07, 6.45) is 9.96. The molecule has 0 bridgehead atoms. The average Bonchev–Trinajstić information content (AvgIpc) is 3.30. The summed E-state index contributed by atoms with van der Waals surface area (Å²) in [5.74, 6) is 0.0612. The molecule has 108 valence electrons. The first-order valence-corrected chi connectivity index (χ1v) is 6.76. The predicted octanol–water partition coefficient (Wildman–Crippen LogP) is 1.54. The highest BCUT2D eigenvalue weighted by atomic mass is 16.5. The number of esters is 1. The van der Waals surface area contributed by atoms with Crippen LogP contribution in [0.3, 0.4) is 0 Å². The topological polar surface area (TPSA) is 89.9 Å². The Hall–Kier alpha value is -2.57. The molecule has 21 heavy (non-hydrogen) atoms. The maximum absolute atomic E-state index is 11.5. The van der Waals surface area contributed by atoms with Gasteiger partial charge in [-0.25, -0.2) is 24.7 Å². The van der Waals surface area contributed by atoms with Gasteiger partial charge in [-0.05, 0) is 19.8 Å². The molecule has 1 aliphatic carbocycles. The number of anilines is 1. The molecule has 0 atom stereocenters. The molecule has 0 aromatic carbocycles. The summed E-state index contributed by atoms with van der Waals surface area (Å²) in [6.45, 7) is 2.09. The third kappa shape index (κ3) is 2.81. The molecule has 0 aliphatic heterocycles. The molecule has 0 spiro atoms. The van der Waals surface area contributed by atoms with E-state index in [4.69, 9.17) is 4.74 Å². The van der Waals surface area contributed by atoms with Crippen molar-refractivity contribution in [3.8, 4) is 0 Å². The molecule has 1 aliphatic rings. The van der Waals surface area contributed by atoms with Crippen molar-refractivity contribution in [3.63, 3.8) is 0 Å². The van der Waals surface area contributed by atoms with E-state index in [0.29, 0.717) is 18.1 Å². The standard InChI is InChI=1S/C14H15N5O2/c1-2-21-12(20)10-5-17-13(18-6-10)19-14(3-4-14)11-7-15-9-16-8-11/h5-9H,2-4H2,1H3,(H,17,18,19). The van der Waals surface area contributed by atoms with Gasteiger partial charge in [-0.1, -0.05) is 0 Å². The Bertz CT molecular complexity index is 626. The van der Waals surface area contributed by atoms with Gasteiger partial charge in [0.25, 0.3) is 0 Å². The van der Waals surface area contributed by atoms with Crippen LogP contribution < -0.4 is 5.32 Å². The minimum Gasteiger partial charge on any atom is -0.462 e. The normalized spacial score (nSPS) is 15.3. The minimum atomic E-state index is -0.415. The second-order valence-electron chi connectivity index (χ2n) is 4.85. The van der Waals surface area contributed by atoms with Crippen molar-refractivity contribution >= 4 is 11.9 Å². The van der Waals surface area contributed by atoms with Gasteiger partial charge in [0.15, 0.2) is 0 Å². The largest absolute Gasteiger partial charge is 0.462 e. The molecule has 1 N–H and O–H groups in total. The smallest absolute Gasteiger partial charge is 0.341 e. The van der Waals surface area contributed by atoms with E-state index in [1.165, 1.54) is 18.7 Å². The van der Waals surface area contributed by atoms with Crippen LogP contribution in [0.25, 0.3) is 0 Å². The molecule has 1 fully saturated rings. The van der Waals surface area contributed by atoms with Crippen molar-refractivity contribution in [1.82, 2.24) is 19.9 Å². The zero-order valence-electron chi connectivity index (χ0n) is 11.6. The Balaban J connectivity index is 1.73. The Morgan fingerprint density at radius 1 is 1.24 bits per heavy atom. The molecule has 2 heterocycles.